The molecule has 1 aromatic carbocycles. The van der Waals surface area contributed by atoms with Crippen LogP contribution in [0.4, 0.5) is 10.1 Å². The molecule has 23 heavy (non-hydrogen) atoms. The van der Waals surface area contributed by atoms with Crippen LogP contribution in [-0.4, -0.2) is 24.7 Å². The van der Waals surface area contributed by atoms with Crippen molar-refractivity contribution in [1.29, 1.82) is 0 Å². The van der Waals surface area contributed by atoms with Gasteiger partial charge in [0.1, 0.15) is 11.1 Å². The number of anilines is 1. The Bertz CT molecular complexity index is 761. The van der Waals surface area contributed by atoms with Gasteiger partial charge in [0.2, 0.25) is 10.0 Å². The van der Waals surface area contributed by atoms with Crippen molar-refractivity contribution in [2.45, 2.75) is 37.9 Å². The average Bonchev–Trinajstić information content (AvgIpc) is 2.49. The van der Waals surface area contributed by atoms with Crippen molar-refractivity contribution in [3.05, 3.63) is 39.6 Å². The highest BCUT2D eigenvalue weighted by atomic mass is 79.9. The van der Waals surface area contributed by atoms with Crippen LogP contribution in [0, 0.1) is 5.82 Å². The highest BCUT2D eigenvalue weighted by molar-refractivity contribution is 9.10. The van der Waals surface area contributed by atoms with E-state index in [1.165, 1.54) is 12.1 Å². The summed E-state index contributed by atoms with van der Waals surface area (Å²) in [5, 5.41) is 8.23. The first-order valence-electron chi connectivity index (χ1n) is 7.18. The summed E-state index contributed by atoms with van der Waals surface area (Å²) < 4.78 is 41.7. The summed E-state index contributed by atoms with van der Waals surface area (Å²) >= 11 is 3.10. The molecule has 1 atom stereocenters. The van der Waals surface area contributed by atoms with Crippen LogP contribution in [0.25, 0.3) is 0 Å². The Balaban J connectivity index is 2.40. The van der Waals surface area contributed by atoms with Gasteiger partial charge >= 0.3 is 5.97 Å². The second kappa shape index (κ2) is 7.00. The minimum Gasteiger partial charge on any atom is -0.478 e. The van der Waals surface area contributed by atoms with Gasteiger partial charge in [-0.15, -0.1) is 0 Å². The lowest BCUT2D eigenvalue weighted by Gasteiger charge is -2.26. The molecule has 0 aliphatic heterocycles. The predicted molar refractivity (Wildman–Crippen MR) is 89.2 cm³/mol. The molecule has 0 heterocycles. The first-order chi connectivity index (χ1) is 10.8. The van der Waals surface area contributed by atoms with Crippen LogP contribution in [0.2, 0.25) is 0 Å². The first-order valence-corrected chi connectivity index (χ1v) is 9.52. The van der Waals surface area contributed by atoms with Gasteiger partial charge in [0.05, 0.1) is 11.3 Å². The topological polar surface area (TPSA) is 83.5 Å². The van der Waals surface area contributed by atoms with Crippen LogP contribution < -0.4 is 4.72 Å². The number of hydrogen-bond donors (Lipinski definition) is 2. The minimum atomic E-state index is -4.05. The Morgan fingerprint density at radius 1 is 1.48 bits per heavy atom. The van der Waals surface area contributed by atoms with Gasteiger partial charge in [-0.05, 0) is 43.9 Å². The number of carbonyl (C=O) groups is 1. The van der Waals surface area contributed by atoms with E-state index in [0.29, 0.717) is 29.3 Å². The van der Waals surface area contributed by atoms with Gasteiger partial charge in [-0.2, -0.15) is 0 Å². The third kappa shape index (κ3) is 3.92. The molecule has 0 spiro atoms. The molecule has 1 aliphatic carbocycles. The van der Waals surface area contributed by atoms with E-state index in [9.17, 15) is 22.7 Å². The van der Waals surface area contributed by atoms with Crippen LogP contribution in [0.5, 0.6) is 0 Å². The van der Waals surface area contributed by atoms with E-state index in [1.807, 2.05) is 0 Å². The Labute approximate surface area is 142 Å². The number of rotatable bonds is 5. The van der Waals surface area contributed by atoms with E-state index < -0.39 is 27.1 Å². The Hall–Kier alpha value is -1.41. The van der Waals surface area contributed by atoms with Gasteiger partial charge in [0.25, 0.3) is 0 Å². The van der Waals surface area contributed by atoms with Gasteiger partial charge in [0, 0.05) is 4.47 Å². The number of sulfonamides is 1. The van der Waals surface area contributed by atoms with E-state index in [2.05, 4.69) is 20.7 Å². The maximum Gasteiger partial charge on any atom is 0.332 e. The zero-order valence-corrected chi connectivity index (χ0v) is 14.9. The molecule has 0 saturated heterocycles. The highest BCUT2D eigenvalue weighted by Gasteiger charge is 2.37. The second-order valence-electron chi connectivity index (χ2n) is 5.33. The Morgan fingerprint density at radius 2 is 2.17 bits per heavy atom. The number of benzene rings is 1. The minimum absolute atomic E-state index is 0.0798. The van der Waals surface area contributed by atoms with E-state index >= 15 is 0 Å². The lowest BCUT2D eigenvalue weighted by atomic mass is 9.90. The number of nitrogens with one attached hydrogen (secondary N) is 1. The van der Waals surface area contributed by atoms with Crippen molar-refractivity contribution in [2.24, 2.45) is 0 Å². The first kappa shape index (κ1) is 17.9. The molecule has 126 valence electrons. The van der Waals surface area contributed by atoms with E-state index in [-0.39, 0.29) is 17.7 Å². The zero-order chi connectivity index (χ0) is 17.2. The zero-order valence-electron chi connectivity index (χ0n) is 12.5. The predicted octanol–water partition coefficient (Wildman–Crippen LogP) is 3.67. The average molecular weight is 406 g/mol. The van der Waals surface area contributed by atoms with Gasteiger partial charge in [-0.3, -0.25) is 4.72 Å². The number of allylic oxidation sites excluding steroid dienone is 1. The van der Waals surface area contributed by atoms with Crippen LogP contribution in [0.3, 0.4) is 0 Å². The van der Waals surface area contributed by atoms with Crippen molar-refractivity contribution in [3.8, 4) is 0 Å². The van der Waals surface area contributed by atoms with E-state index in [1.54, 1.807) is 6.92 Å². The number of halogens is 2. The third-order valence-corrected chi connectivity index (χ3v) is 6.08. The molecule has 0 saturated carbocycles. The van der Waals surface area contributed by atoms with E-state index in [4.69, 9.17) is 0 Å². The summed E-state index contributed by atoms with van der Waals surface area (Å²) in [6.07, 6.45) is 1.87. The third-order valence-electron chi connectivity index (χ3n) is 3.86. The molecule has 0 fully saturated rings. The normalized spacial score (nSPS) is 18.8. The monoisotopic (exact) mass is 405 g/mol. The van der Waals surface area contributed by atoms with Crippen LogP contribution >= 0.6 is 15.9 Å². The largest absolute Gasteiger partial charge is 0.478 e. The fourth-order valence-electron chi connectivity index (χ4n) is 2.77. The SMILES string of the molecule is CCC1=C(C(=O)O)C(S(=O)(=O)Nc2ccc(Br)cc2F)CCC1. The number of carboxylic acid groups (broad SMARTS) is 1. The molecule has 2 N–H and O–H groups in total. The fraction of sp³-hybridized carbons (Fsp3) is 0.400. The summed E-state index contributed by atoms with van der Waals surface area (Å²) in [5.74, 6) is -1.96. The summed E-state index contributed by atoms with van der Waals surface area (Å²) in [6, 6.07) is 3.95. The maximum atomic E-state index is 13.9. The molecule has 1 unspecified atom stereocenters. The van der Waals surface area contributed by atoms with Crippen molar-refractivity contribution in [2.75, 3.05) is 4.72 Å². The van der Waals surface area contributed by atoms with Gasteiger partial charge < -0.3 is 5.11 Å². The molecule has 5 nitrogen and oxygen atoms in total. The molecule has 0 aromatic heterocycles. The highest BCUT2D eigenvalue weighted by Crippen LogP contribution is 2.33. The summed E-state index contributed by atoms with van der Waals surface area (Å²) in [4.78, 5) is 11.5. The van der Waals surface area contributed by atoms with Crippen molar-refractivity contribution in [3.63, 3.8) is 0 Å². The van der Waals surface area contributed by atoms with Crippen molar-refractivity contribution < 1.29 is 22.7 Å². The Kier molecular flexibility index (Phi) is 5.46. The summed E-state index contributed by atoms with van der Waals surface area (Å²) in [6.45, 7) is 1.80. The summed E-state index contributed by atoms with van der Waals surface area (Å²) in [7, 11) is -4.05. The number of aliphatic carboxylic acids is 1. The van der Waals surface area contributed by atoms with Crippen LogP contribution in [0.1, 0.15) is 32.6 Å². The van der Waals surface area contributed by atoms with Gasteiger partial charge in [-0.25, -0.2) is 17.6 Å². The summed E-state index contributed by atoms with van der Waals surface area (Å²) in [5.41, 5.74) is 0.362. The molecule has 0 amide bonds. The lowest BCUT2D eigenvalue weighted by molar-refractivity contribution is -0.132. The van der Waals surface area contributed by atoms with Gasteiger partial charge in [0.15, 0.2) is 0 Å². The van der Waals surface area contributed by atoms with Crippen molar-refractivity contribution in [1.82, 2.24) is 0 Å². The smallest absolute Gasteiger partial charge is 0.332 e. The molecular formula is C15H17BrFNO4S. The molecule has 1 aliphatic rings. The number of carboxylic acids is 1. The Morgan fingerprint density at radius 3 is 2.74 bits per heavy atom. The second-order valence-corrected chi connectivity index (χ2v) is 8.11. The molecule has 2 rings (SSSR count). The fourth-order valence-corrected chi connectivity index (χ4v) is 4.77. The molecule has 0 bridgehead atoms. The number of hydrogen-bond acceptors (Lipinski definition) is 3. The van der Waals surface area contributed by atoms with Crippen molar-refractivity contribution >= 4 is 37.6 Å². The maximum absolute atomic E-state index is 13.9. The lowest BCUT2D eigenvalue weighted by Crippen LogP contribution is -2.35. The standard InChI is InChI=1S/C15H17BrFNO4S/c1-2-9-4-3-5-13(14(9)15(19)20)23(21,22)18-12-7-6-10(16)8-11(12)17/h6-8,13,18H,2-5H2,1H3,(H,19,20). The molecular weight excluding hydrogens is 389 g/mol. The van der Waals surface area contributed by atoms with Crippen LogP contribution in [-0.2, 0) is 14.8 Å². The molecule has 1 aromatic rings. The quantitative estimate of drug-likeness (QED) is 0.782. The van der Waals surface area contributed by atoms with E-state index in [0.717, 1.165) is 6.07 Å². The molecule has 8 heteroatoms. The van der Waals surface area contributed by atoms with Gasteiger partial charge in [-0.1, -0.05) is 28.4 Å². The van der Waals surface area contributed by atoms with Crippen LogP contribution in [0.15, 0.2) is 33.8 Å². The molecule has 0 radical (unpaired) electrons.